The van der Waals surface area contributed by atoms with Crippen LogP contribution in [0.1, 0.15) is 11.1 Å². The number of hydrogen-bond acceptors (Lipinski definition) is 5. The van der Waals surface area contributed by atoms with E-state index >= 15 is 0 Å². The number of hydrogen-bond donors (Lipinski definition) is 0. The molecule has 1 saturated heterocycles. The third-order valence-corrected chi connectivity index (χ3v) is 5.55. The summed E-state index contributed by atoms with van der Waals surface area (Å²) in [6.07, 6.45) is 0. The standard InChI is InChI=1S/C19H18N4O2S/c1-13-10-18(26-12-17(24)22-6-8-25-9-7-22)23-16-5-3-2-4-15(16)21-19(23)14(13)11-20/h2-5,10H,6-9,12H2,1H3. The molecule has 132 valence electrons. The molecule has 1 aromatic carbocycles. The SMILES string of the molecule is Cc1cc(SCC(=O)N2CCOCC2)n2c(nc3ccccc32)c1C#N. The zero-order valence-electron chi connectivity index (χ0n) is 14.4. The molecule has 1 amide bonds. The number of morpholine rings is 1. The van der Waals surface area contributed by atoms with E-state index in [0.717, 1.165) is 21.6 Å². The predicted octanol–water partition coefficient (Wildman–Crippen LogP) is 2.62. The lowest BCUT2D eigenvalue weighted by Crippen LogP contribution is -2.41. The third-order valence-electron chi connectivity index (χ3n) is 4.56. The van der Waals surface area contributed by atoms with Gasteiger partial charge in [0.05, 0.1) is 40.6 Å². The molecule has 7 heteroatoms. The smallest absolute Gasteiger partial charge is 0.233 e. The van der Waals surface area contributed by atoms with E-state index in [1.54, 1.807) is 0 Å². The van der Waals surface area contributed by atoms with Crippen LogP contribution < -0.4 is 0 Å². The molecule has 4 rings (SSSR count). The molecule has 1 aliphatic heterocycles. The first-order valence-electron chi connectivity index (χ1n) is 8.48. The molecule has 0 unspecified atom stereocenters. The van der Waals surface area contributed by atoms with Crippen LogP contribution in [-0.2, 0) is 9.53 Å². The number of aromatic nitrogens is 2. The number of thioether (sulfide) groups is 1. The molecule has 6 nitrogen and oxygen atoms in total. The van der Waals surface area contributed by atoms with E-state index in [9.17, 15) is 10.1 Å². The molecule has 3 heterocycles. The Morgan fingerprint density at radius 1 is 1.35 bits per heavy atom. The van der Waals surface area contributed by atoms with Gasteiger partial charge in [0.15, 0.2) is 5.65 Å². The number of ether oxygens (including phenoxy) is 1. The number of nitriles is 1. The summed E-state index contributed by atoms with van der Waals surface area (Å²) in [7, 11) is 0. The molecule has 0 saturated carbocycles. The number of nitrogens with zero attached hydrogens (tertiary/aromatic N) is 4. The van der Waals surface area contributed by atoms with Gasteiger partial charge in [-0.3, -0.25) is 9.20 Å². The molecule has 0 aliphatic carbocycles. The van der Waals surface area contributed by atoms with Gasteiger partial charge >= 0.3 is 0 Å². The first-order valence-corrected chi connectivity index (χ1v) is 9.47. The predicted molar refractivity (Wildman–Crippen MR) is 100 cm³/mol. The first-order chi connectivity index (χ1) is 12.7. The number of imidazole rings is 1. The van der Waals surface area contributed by atoms with Crippen molar-refractivity contribution in [2.45, 2.75) is 11.9 Å². The molecule has 3 aromatic rings. The van der Waals surface area contributed by atoms with Crippen LogP contribution in [0.4, 0.5) is 0 Å². The topological polar surface area (TPSA) is 70.6 Å². The number of amides is 1. The molecule has 26 heavy (non-hydrogen) atoms. The van der Waals surface area contributed by atoms with E-state index in [0.29, 0.717) is 43.3 Å². The second-order valence-corrected chi connectivity index (χ2v) is 7.19. The number of fused-ring (bicyclic) bond motifs is 3. The summed E-state index contributed by atoms with van der Waals surface area (Å²) in [6.45, 7) is 4.40. The number of carbonyl (C=O) groups is 1. The number of aryl methyl sites for hydroxylation is 1. The second kappa shape index (κ2) is 6.98. The Kier molecular flexibility index (Phi) is 4.53. The van der Waals surface area contributed by atoms with Gasteiger partial charge in [0.25, 0.3) is 0 Å². The maximum absolute atomic E-state index is 12.5. The summed E-state index contributed by atoms with van der Waals surface area (Å²) in [6, 6.07) is 12.0. The highest BCUT2D eigenvalue weighted by Crippen LogP contribution is 2.29. The Balaban J connectivity index is 1.72. The van der Waals surface area contributed by atoms with Gasteiger partial charge in [0.1, 0.15) is 6.07 Å². The largest absolute Gasteiger partial charge is 0.378 e. The molecule has 0 N–H and O–H groups in total. The minimum Gasteiger partial charge on any atom is -0.378 e. The van der Waals surface area contributed by atoms with E-state index in [1.165, 1.54) is 11.8 Å². The van der Waals surface area contributed by atoms with Crippen molar-refractivity contribution in [3.8, 4) is 6.07 Å². The summed E-state index contributed by atoms with van der Waals surface area (Å²) in [4.78, 5) is 19.0. The zero-order valence-corrected chi connectivity index (χ0v) is 15.3. The Hall–Kier alpha value is -2.56. The maximum atomic E-state index is 12.5. The quantitative estimate of drug-likeness (QED) is 0.667. The van der Waals surface area contributed by atoms with Crippen molar-refractivity contribution in [1.82, 2.24) is 14.3 Å². The Morgan fingerprint density at radius 3 is 2.88 bits per heavy atom. The van der Waals surface area contributed by atoms with Crippen LogP contribution in [0.2, 0.25) is 0 Å². The van der Waals surface area contributed by atoms with Gasteiger partial charge in [-0.2, -0.15) is 5.26 Å². The van der Waals surface area contributed by atoms with Gasteiger partial charge in [-0.05, 0) is 30.7 Å². The summed E-state index contributed by atoms with van der Waals surface area (Å²) in [5.41, 5.74) is 3.88. The normalized spacial score (nSPS) is 14.7. The van der Waals surface area contributed by atoms with Crippen molar-refractivity contribution in [3.63, 3.8) is 0 Å². The van der Waals surface area contributed by atoms with Crippen LogP contribution in [0, 0.1) is 18.3 Å². The van der Waals surface area contributed by atoms with Crippen molar-refractivity contribution in [2.24, 2.45) is 0 Å². The zero-order chi connectivity index (χ0) is 18.1. The monoisotopic (exact) mass is 366 g/mol. The van der Waals surface area contributed by atoms with Gasteiger partial charge in [-0.1, -0.05) is 23.9 Å². The Bertz CT molecular complexity index is 1030. The van der Waals surface area contributed by atoms with E-state index in [-0.39, 0.29) is 5.91 Å². The highest BCUT2D eigenvalue weighted by atomic mass is 32.2. The Morgan fingerprint density at radius 2 is 2.12 bits per heavy atom. The fourth-order valence-electron chi connectivity index (χ4n) is 3.20. The van der Waals surface area contributed by atoms with E-state index in [4.69, 9.17) is 4.74 Å². The number of pyridine rings is 1. The van der Waals surface area contributed by atoms with E-state index in [2.05, 4.69) is 11.1 Å². The van der Waals surface area contributed by atoms with Crippen LogP contribution in [0.5, 0.6) is 0 Å². The van der Waals surface area contributed by atoms with Crippen molar-refractivity contribution in [1.29, 1.82) is 5.26 Å². The van der Waals surface area contributed by atoms with Gasteiger partial charge < -0.3 is 9.64 Å². The summed E-state index contributed by atoms with van der Waals surface area (Å²) in [5, 5.41) is 10.5. The lowest BCUT2D eigenvalue weighted by Gasteiger charge is -2.26. The fourth-order valence-corrected chi connectivity index (χ4v) is 4.23. The van der Waals surface area contributed by atoms with Crippen molar-refractivity contribution >= 4 is 34.3 Å². The van der Waals surface area contributed by atoms with Crippen molar-refractivity contribution in [3.05, 3.63) is 41.5 Å². The highest BCUT2D eigenvalue weighted by molar-refractivity contribution is 7.99. The van der Waals surface area contributed by atoms with Gasteiger partial charge in [0.2, 0.25) is 5.91 Å². The van der Waals surface area contributed by atoms with Gasteiger partial charge in [-0.15, -0.1) is 0 Å². The average Bonchev–Trinajstić information content (AvgIpc) is 3.06. The molecule has 0 atom stereocenters. The molecule has 0 spiro atoms. The van der Waals surface area contributed by atoms with Gasteiger partial charge in [-0.25, -0.2) is 4.98 Å². The molecule has 2 aromatic heterocycles. The van der Waals surface area contributed by atoms with Crippen molar-refractivity contribution in [2.75, 3.05) is 32.1 Å². The number of para-hydroxylation sites is 2. The highest BCUT2D eigenvalue weighted by Gasteiger charge is 2.19. The molecule has 0 radical (unpaired) electrons. The lowest BCUT2D eigenvalue weighted by atomic mass is 10.2. The maximum Gasteiger partial charge on any atom is 0.233 e. The summed E-state index contributed by atoms with van der Waals surface area (Å²) < 4.78 is 7.29. The van der Waals surface area contributed by atoms with E-state index < -0.39 is 0 Å². The van der Waals surface area contributed by atoms with Crippen LogP contribution in [0.3, 0.4) is 0 Å². The fraction of sp³-hybridized carbons (Fsp3) is 0.316. The third kappa shape index (κ3) is 2.91. The lowest BCUT2D eigenvalue weighted by molar-refractivity contribution is -0.132. The van der Waals surface area contributed by atoms with Crippen molar-refractivity contribution < 1.29 is 9.53 Å². The molecular formula is C19H18N4O2S. The van der Waals surface area contributed by atoms with Crippen LogP contribution in [0.15, 0.2) is 35.4 Å². The van der Waals surface area contributed by atoms with E-state index in [1.807, 2.05) is 46.6 Å². The summed E-state index contributed by atoms with van der Waals surface area (Å²) >= 11 is 1.49. The van der Waals surface area contributed by atoms with Crippen LogP contribution in [0.25, 0.3) is 16.7 Å². The Labute approximate surface area is 155 Å². The first kappa shape index (κ1) is 16.9. The molecular weight excluding hydrogens is 348 g/mol. The summed E-state index contributed by atoms with van der Waals surface area (Å²) in [5.74, 6) is 0.463. The minimum atomic E-state index is 0.109. The number of carbonyl (C=O) groups excluding carboxylic acids is 1. The number of benzene rings is 1. The number of rotatable bonds is 3. The van der Waals surface area contributed by atoms with Gasteiger partial charge in [0, 0.05) is 13.1 Å². The van der Waals surface area contributed by atoms with Crippen LogP contribution >= 0.6 is 11.8 Å². The molecule has 1 fully saturated rings. The minimum absolute atomic E-state index is 0.109. The second-order valence-electron chi connectivity index (χ2n) is 6.19. The average molecular weight is 366 g/mol. The molecule has 1 aliphatic rings. The molecule has 0 bridgehead atoms. The van der Waals surface area contributed by atoms with Crippen LogP contribution in [-0.4, -0.2) is 52.2 Å².